The fourth-order valence-corrected chi connectivity index (χ4v) is 2.97. The summed E-state index contributed by atoms with van der Waals surface area (Å²) in [5.41, 5.74) is 0.836. The van der Waals surface area contributed by atoms with Crippen molar-refractivity contribution in [3.63, 3.8) is 0 Å². The predicted octanol–water partition coefficient (Wildman–Crippen LogP) is 3.86. The Balaban J connectivity index is 1.59. The highest BCUT2D eigenvalue weighted by atomic mass is 79.9. The van der Waals surface area contributed by atoms with Crippen molar-refractivity contribution in [1.29, 1.82) is 0 Å². The maximum atomic E-state index is 12.3. The average Bonchev–Trinajstić information content (AvgIpc) is 2.99. The topological polar surface area (TPSA) is 47.4 Å². The third-order valence-electron chi connectivity index (χ3n) is 4.01. The Morgan fingerprint density at radius 1 is 1.24 bits per heavy atom. The number of aromatic nitrogens is 2. The van der Waals surface area contributed by atoms with Crippen LogP contribution in [0, 0.1) is 0 Å². The van der Waals surface area contributed by atoms with Crippen molar-refractivity contribution in [2.24, 2.45) is 0 Å². The van der Waals surface area contributed by atoms with Gasteiger partial charge in [0.15, 0.2) is 6.61 Å². The molecule has 2 aromatic carbocycles. The van der Waals surface area contributed by atoms with Crippen molar-refractivity contribution in [2.75, 3.05) is 13.7 Å². The van der Waals surface area contributed by atoms with E-state index in [0.29, 0.717) is 12.3 Å². The second-order valence-corrected chi connectivity index (χ2v) is 6.68. The van der Waals surface area contributed by atoms with Crippen LogP contribution < -0.4 is 4.74 Å². The zero-order chi connectivity index (χ0) is 17.8. The number of likely N-dealkylation sites (N-methyl/N-ethyl adjacent to an activating group) is 1. The molecule has 1 heterocycles. The van der Waals surface area contributed by atoms with Crippen molar-refractivity contribution in [3.8, 4) is 5.75 Å². The summed E-state index contributed by atoms with van der Waals surface area (Å²) in [7, 11) is 1.75. The van der Waals surface area contributed by atoms with Crippen LogP contribution in [0.1, 0.15) is 12.6 Å². The van der Waals surface area contributed by atoms with Crippen LogP contribution >= 0.6 is 15.9 Å². The van der Waals surface area contributed by atoms with E-state index in [1.54, 1.807) is 11.9 Å². The van der Waals surface area contributed by atoms with Gasteiger partial charge in [0.2, 0.25) is 0 Å². The number of nitrogens with zero attached hydrogens (tertiary/aromatic N) is 3. The number of rotatable bonds is 6. The molecule has 0 saturated carbocycles. The molecular formula is C19H20BrN3O2. The number of hydrogen-bond acceptors (Lipinski definition) is 3. The van der Waals surface area contributed by atoms with E-state index in [4.69, 9.17) is 4.74 Å². The first-order valence-corrected chi connectivity index (χ1v) is 8.93. The zero-order valence-electron chi connectivity index (χ0n) is 14.3. The number of hydrogen-bond donors (Lipinski definition) is 0. The molecule has 0 saturated heterocycles. The van der Waals surface area contributed by atoms with Crippen molar-refractivity contribution < 1.29 is 9.53 Å². The molecule has 0 N–H and O–H groups in total. The van der Waals surface area contributed by atoms with Gasteiger partial charge >= 0.3 is 0 Å². The molecule has 130 valence electrons. The predicted molar refractivity (Wildman–Crippen MR) is 102 cm³/mol. The van der Waals surface area contributed by atoms with Gasteiger partial charge in [-0.1, -0.05) is 30.3 Å². The minimum Gasteiger partial charge on any atom is -0.484 e. The number of benzene rings is 2. The average molecular weight is 402 g/mol. The van der Waals surface area contributed by atoms with E-state index in [1.807, 2.05) is 60.3 Å². The first kappa shape index (κ1) is 17.5. The molecule has 0 aliphatic rings. The van der Waals surface area contributed by atoms with Crippen molar-refractivity contribution >= 4 is 32.6 Å². The normalized spacial score (nSPS) is 10.8. The van der Waals surface area contributed by atoms with Crippen LogP contribution in [0.25, 0.3) is 10.8 Å². The summed E-state index contributed by atoms with van der Waals surface area (Å²) in [5, 5.41) is 6.68. The van der Waals surface area contributed by atoms with Gasteiger partial charge in [0, 0.05) is 19.8 Å². The van der Waals surface area contributed by atoms with Crippen LogP contribution in [0.2, 0.25) is 0 Å². The molecule has 25 heavy (non-hydrogen) atoms. The van der Waals surface area contributed by atoms with Crippen molar-refractivity contribution in [2.45, 2.75) is 20.0 Å². The van der Waals surface area contributed by atoms with Crippen molar-refractivity contribution in [3.05, 3.63) is 58.8 Å². The van der Waals surface area contributed by atoms with Crippen LogP contribution in [-0.4, -0.2) is 34.2 Å². The number of ether oxygens (including phenoxy) is 1. The van der Waals surface area contributed by atoms with Gasteiger partial charge in [0.25, 0.3) is 5.91 Å². The van der Waals surface area contributed by atoms with Gasteiger partial charge in [-0.05, 0) is 45.8 Å². The second kappa shape index (κ2) is 7.70. The highest BCUT2D eigenvalue weighted by Crippen LogP contribution is 2.21. The Kier molecular flexibility index (Phi) is 5.38. The first-order valence-electron chi connectivity index (χ1n) is 8.14. The Morgan fingerprint density at radius 2 is 2.00 bits per heavy atom. The van der Waals surface area contributed by atoms with Crippen molar-refractivity contribution in [1.82, 2.24) is 14.7 Å². The lowest BCUT2D eigenvalue weighted by atomic mass is 10.1. The molecule has 1 aromatic heterocycles. The summed E-state index contributed by atoms with van der Waals surface area (Å²) < 4.78 is 8.41. The van der Waals surface area contributed by atoms with Crippen LogP contribution in [0.3, 0.4) is 0 Å². The summed E-state index contributed by atoms with van der Waals surface area (Å²) >= 11 is 3.48. The van der Waals surface area contributed by atoms with Crippen LogP contribution in [-0.2, 0) is 17.9 Å². The number of carbonyl (C=O) groups excluding carboxylic acids is 1. The number of halogens is 1. The summed E-state index contributed by atoms with van der Waals surface area (Å²) in [4.78, 5) is 13.9. The van der Waals surface area contributed by atoms with E-state index in [2.05, 4.69) is 21.0 Å². The number of carbonyl (C=O) groups is 1. The summed E-state index contributed by atoms with van der Waals surface area (Å²) in [6, 6.07) is 13.9. The molecule has 5 nitrogen and oxygen atoms in total. The van der Waals surface area contributed by atoms with Gasteiger partial charge in [-0.2, -0.15) is 5.10 Å². The lowest BCUT2D eigenvalue weighted by Gasteiger charge is -2.16. The van der Waals surface area contributed by atoms with E-state index in [1.165, 1.54) is 0 Å². The fraction of sp³-hybridized carbons (Fsp3) is 0.263. The van der Waals surface area contributed by atoms with Crippen LogP contribution in [0.4, 0.5) is 0 Å². The molecule has 6 heteroatoms. The number of amides is 1. The molecule has 0 aliphatic carbocycles. The molecule has 0 radical (unpaired) electrons. The molecule has 0 atom stereocenters. The first-order chi connectivity index (χ1) is 12.1. The molecule has 0 spiro atoms. The molecule has 3 aromatic rings. The molecule has 0 unspecified atom stereocenters. The van der Waals surface area contributed by atoms with E-state index >= 15 is 0 Å². The smallest absolute Gasteiger partial charge is 0.260 e. The lowest BCUT2D eigenvalue weighted by Crippen LogP contribution is -2.31. The molecule has 3 rings (SSSR count). The minimum absolute atomic E-state index is 0.000938. The van der Waals surface area contributed by atoms with Gasteiger partial charge in [0.05, 0.1) is 16.7 Å². The lowest BCUT2D eigenvalue weighted by molar-refractivity contribution is -0.132. The molecule has 0 fully saturated rings. The number of aryl methyl sites for hydroxylation is 1. The molecule has 0 aliphatic heterocycles. The molecular weight excluding hydrogens is 382 g/mol. The monoisotopic (exact) mass is 401 g/mol. The highest BCUT2D eigenvalue weighted by molar-refractivity contribution is 9.10. The van der Waals surface area contributed by atoms with E-state index < -0.39 is 0 Å². The third-order valence-corrected chi connectivity index (χ3v) is 4.67. The maximum absolute atomic E-state index is 12.3. The zero-order valence-corrected chi connectivity index (χ0v) is 15.9. The standard InChI is InChI=1S/C19H20BrN3O2/c1-3-23-11-17(20)18(21-23)12-22(2)19(24)13-25-16-9-8-14-6-4-5-7-15(14)10-16/h4-11H,3,12-13H2,1-2H3. The third kappa shape index (κ3) is 4.20. The Labute approximate surface area is 155 Å². The SMILES string of the molecule is CCn1cc(Br)c(CN(C)C(=O)COc2ccc3ccccc3c2)n1. The molecule has 1 amide bonds. The van der Waals surface area contributed by atoms with E-state index in [0.717, 1.165) is 27.5 Å². The second-order valence-electron chi connectivity index (χ2n) is 5.83. The van der Waals surface area contributed by atoms with Gasteiger partial charge in [-0.15, -0.1) is 0 Å². The Morgan fingerprint density at radius 3 is 2.72 bits per heavy atom. The van der Waals surface area contributed by atoms with Gasteiger partial charge < -0.3 is 9.64 Å². The number of fused-ring (bicyclic) bond motifs is 1. The van der Waals surface area contributed by atoms with E-state index in [-0.39, 0.29) is 12.5 Å². The Bertz CT molecular complexity index is 891. The highest BCUT2D eigenvalue weighted by Gasteiger charge is 2.14. The van der Waals surface area contributed by atoms with E-state index in [9.17, 15) is 4.79 Å². The van der Waals surface area contributed by atoms with Gasteiger partial charge in [-0.3, -0.25) is 9.48 Å². The van der Waals surface area contributed by atoms with Gasteiger partial charge in [-0.25, -0.2) is 0 Å². The summed E-state index contributed by atoms with van der Waals surface area (Å²) in [5.74, 6) is 0.600. The fourth-order valence-electron chi connectivity index (χ4n) is 2.53. The quantitative estimate of drug-likeness (QED) is 0.629. The van der Waals surface area contributed by atoms with Crippen LogP contribution in [0.15, 0.2) is 53.1 Å². The van der Waals surface area contributed by atoms with Crippen LogP contribution in [0.5, 0.6) is 5.75 Å². The Hall–Kier alpha value is -2.34. The minimum atomic E-state index is -0.0916. The molecule has 0 bridgehead atoms. The maximum Gasteiger partial charge on any atom is 0.260 e. The summed E-state index contributed by atoms with van der Waals surface area (Å²) in [6.07, 6.45) is 1.92. The largest absolute Gasteiger partial charge is 0.484 e. The van der Waals surface area contributed by atoms with Gasteiger partial charge in [0.1, 0.15) is 5.75 Å². The summed E-state index contributed by atoms with van der Waals surface area (Å²) in [6.45, 7) is 3.26.